The van der Waals surface area contributed by atoms with Gasteiger partial charge in [-0.2, -0.15) is 12.6 Å². The summed E-state index contributed by atoms with van der Waals surface area (Å²) in [5.41, 5.74) is 1.36. The molecule has 0 saturated carbocycles. The van der Waals surface area contributed by atoms with Crippen molar-refractivity contribution in [2.45, 2.75) is 6.42 Å². The number of nitrogens with zero attached hydrogens (tertiary/aromatic N) is 1. The van der Waals surface area contributed by atoms with Gasteiger partial charge in [0.1, 0.15) is 5.75 Å². The Morgan fingerprint density at radius 3 is 2.56 bits per heavy atom. The highest BCUT2D eigenvalue weighted by Gasteiger charge is 2.00. The van der Waals surface area contributed by atoms with Crippen molar-refractivity contribution in [2.75, 3.05) is 26.6 Å². The molecule has 0 amide bonds. The zero-order valence-electron chi connectivity index (χ0n) is 10.9. The fourth-order valence-electron chi connectivity index (χ4n) is 1.95. The third-order valence-corrected chi connectivity index (χ3v) is 3.62. The smallest absolute Gasteiger partial charge is 0.119 e. The van der Waals surface area contributed by atoms with E-state index in [1.54, 1.807) is 7.11 Å². The predicted octanol–water partition coefficient (Wildman–Crippen LogP) is 3.21. The maximum Gasteiger partial charge on any atom is 0.119 e. The molecule has 0 aliphatic rings. The number of ether oxygens (including phenoxy) is 1. The zero-order valence-corrected chi connectivity index (χ0v) is 11.8. The lowest BCUT2D eigenvalue weighted by Crippen LogP contribution is -2.19. The molecule has 2 aromatic rings. The Morgan fingerprint density at radius 1 is 1.11 bits per heavy atom. The second kappa shape index (κ2) is 6.12. The molecular weight excluding hydrogens is 242 g/mol. The van der Waals surface area contributed by atoms with E-state index in [4.69, 9.17) is 4.74 Å². The van der Waals surface area contributed by atoms with Crippen LogP contribution in [0.25, 0.3) is 10.8 Å². The lowest BCUT2D eigenvalue weighted by atomic mass is 10.0. The monoisotopic (exact) mass is 261 g/mol. The summed E-state index contributed by atoms with van der Waals surface area (Å²) in [6.07, 6.45) is 1.05. The molecule has 2 aromatic carbocycles. The van der Waals surface area contributed by atoms with Crippen LogP contribution in [0.1, 0.15) is 5.56 Å². The molecule has 3 heteroatoms. The minimum Gasteiger partial charge on any atom is -0.497 e. The fourth-order valence-corrected chi connectivity index (χ4v) is 2.09. The molecule has 0 aliphatic heterocycles. The van der Waals surface area contributed by atoms with E-state index < -0.39 is 0 Å². The summed E-state index contributed by atoms with van der Waals surface area (Å²) in [5.74, 6) is 1.70. The van der Waals surface area contributed by atoms with Gasteiger partial charge in [0.15, 0.2) is 0 Å². The average molecular weight is 261 g/mol. The summed E-state index contributed by atoms with van der Waals surface area (Å²) < 4.78 is 5.23. The molecule has 96 valence electrons. The molecule has 0 radical (unpaired) electrons. The number of thiol groups is 1. The molecule has 0 spiro atoms. The molecular formula is C15H19NOS. The lowest BCUT2D eigenvalue weighted by molar-refractivity contribution is 0.399. The first-order valence-corrected chi connectivity index (χ1v) is 6.72. The molecule has 0 aliphatic carbocycles. The Balaban J connectivity index is 2.17. The molecule has 0 atom stereocenters. The second-order valence-electron chi connectivity index (χ2n) is 4.52. The van der Waals surface area contributed by atoms with Crippen LogP contribution in [0.5, 0.6) is 5.75 Å². The summed E-state index contributed by atoms with van der Waals surface area (Å²) in [7, 11) is 3.78. The third-order valence-electron chi connectivity index (χ3n) is 3.14. The number of hydrogen-bond acceptors (Lipinski definition) is 3. The van der Waals surface area contributed by atoms with E-state index in [2.05, 4.69) is 54.9 Å². The van der Waals surface area contributed by atoms with E-state index in [1.165, 1.54) is 16.3 Å². The fraction of sp³-hybridized carbons (Fsp3) is 0.333. The quantitative estimate of drug-likeness (QED) is 0.655. The van der Waals surface area contributed by atoms with Gasteiger partial charge in [-0.05, 0) is 41.9 Å². The van der Waals surface area contributed by atoms with Gasteiger partial charge in [-0.15, -0.1) is 0 Å². The highest BCUT2D eigenvalue weighted by molar-refractivity contribution is 7.80. The van der Waals surface area contributed by atoms with Crippen molar-refractivity contribution in [3.63, 3.8) is 0 Å². The number of benzene rings is 2. The molecule has 2 rings (SSSR count). The van der Waals surface area contributed by atoms with Crippen molar-refractivity contribution in [3.8, 4) is 5.75 Å². The Kier molecular flexibility index (Phi) is 4.50. The van der Waals surface area contributed by atoms with Gasteiger partial charge >= 0.3 is 0 Å². The first-order valence-electron chi connectivity index (χ1n) is 6.09. The van der Waals surface area contributed by atoms with E-state index >= 15 is 0 Å². The molecule has 0 unspecified atom stereocenters. The van der Waals surface area contributed by atoms with Crippen LogP contribution in [-0.2, 0) is 6.42 Å². The highest BCUT2D eigenvalue weighted by Crippen LogP contribution is 2.22. The van der Waals surface area contributed by atoms with Crippen LogP contribution in [0.3, 0.4) is 0 Å². The number of rotatable bonds is 5. The van der Waals surface area contributed by atoms with Crippen molar-refractivity contribution in [3.05, 3.63) is 42.0 Å². The van der Waals surface area contributed by atoms with Gasteiger partial charge in [0.2, 0.25) is 0 Å². The SMILES string of the molecule is COc1ccc2cc(CCN(C)CS)ccc2c1. The van der Waals surface area contributed by atoms with Gasteiger partial charge < -0.3 is 4.74 Å². The molecule has 0 N–H and O–H groups in total. The van der Waals surface area contributed by atoms with Crippen molar-refractivity contribution < 1.29 is 4.74 Å². The molecule has 0 saturated heterocycles. The largest absolute Gasteiger partial charge is 0.497 e. The minimum atomic E-state index is 0.796. The Hall–Kier alpha value is -1.19. The molecule has 2 nitrogen and oxygen atoms in total. The lowest BCUT2D eigenvalue weighted by Gasteiger charge is -2.13. The van der Waals surface area contributed by atoms with E-state index in [1.807, 2.05) is 6.07 Å². The van der Waals surface area contributed by atoms with Crippen LogP contribution in [-0.4, -0.2) is 31.5 Å². The predicted molar refractivity (Wildman–Crippen MR) is 80.7 cm³/mol. The van der Waals surface area contributed by atoms with Crippen molar-refractivity contribution in [2.24, 2.45) is 0 Å². The molecule has 0 bridgehead atoms. The van der Waals surface area contributed by atoms with Gasteiger partial charge in [0.25, 0.3) is 0 Å². The average Bonchev–Trinajstić information content (AvgIpc) is 2.43. The molecule has 0 fully saturated rings. The Morgan fingerprint density at radius 2 is 1.83 bits per heavy atom. The van der Waals surface area contributed by atoms with Crippen LogP contribution in [0, 0.1) is 0 Å². The van der Waals surface area contributed by atoms with Gasteiger partial charge in [-0.1, -0.05) is 24.3 Å². The van der Waals surface area contributed by atoms with E-state index in [0.29, 0.717) is 0 Å². The van der Waals surface area contributed by atoms with Crippen LogP contribution >= 0.6 is 12.6 Å². The highest BCUT2D eigenvalue weighted by atomic mass is 32.1. The Bertz CT molecular complexity index is 527. The van der Waals surface area contributed by atoms with Gasteiger partial charge in [0, 0.05) is 12.4 Å². The maximum absolute atomic E-state index is 5.23. The van der Waals surface area contributed by atoms with Crippen molar-refractivity contribution in [1.82, 2.24) is 4.90 Å². The maximum atomic E-state index is 5.23. The summed E-state index contributed by atoms with van der Waals surface area (Å²) >= 11 is 4.25. The molecule has 0 aromatic heterocycles. The summed E-state index contributed by atoms with van der Waals surface area (Å²) in [6.45, 7) is 1.03. The van der Waals surface area contributed by atoms with E-state index in [9.17, 15) is 0 Å². The summed E-state index contributed by atoms with van der Waals surface area (Å²) in [6, 6.07) is 12.8. The van der Waals surface area contributed by atoms with Crippen molar-refractivity contribution in [1.29, 1.82) is 0 Å². The number of methoxy groups -OCH3 is 1. The van der Waals surface area contributed by atoms with E-state index in [0.717, 1.165) is 24.6 Å². The topological polar surface area (TPSA) is 12.5 Å². The standard InChI is InChI=1S/C15H19NOS/c1-16(11-18)8-7-12-3-4-14-10-15(17-2)6-5-13(14)9-12/h3-6,9-10,18H,7-8,11H2,1-2H3. The zero-order chi connectivity index (χ0) is 13.0. The summed E-state index contributed by atoms with van der Waals surface area (Å²) in [4.78, 5) is 2.20. The third kappa shape index (κ3) is 3.18. The van der Waals surface area contributed by atoms with Crippen molar-refractivity contribution >= 4 is 23.4 Å². The van der Waals surface area contributed by atoms with Crippen LogP contribution in [0.15, 0.2) is 36.4 Å². The Labute approximate surface area is 114 Å². The number of fused-ring (bicyclic) bond motifs is 1. The molecule has 18 heavy (non-hydrogen) atoms. The van der Waals surface area contributed by atoms with Crippen LogP contribution in [0.2, 0.25) is 0 Å². The first-order chi connectivity index (χ1) is 8.72. The van der Waals surface area contributed by atoms with Gasteiger partial charge in [-0.3, -0.25) is 4.90 Å². The normalized spacial score (nSPS) is 11.1. The number of likely N-dealkylation sites (N-methyl/N-ethyl adjacent to an activating group) is 1. The van der Waals surface area contributed by atoms with Crippen LogP contribution in [0.4, 0.5) is 0 Å². The second-order valence-corrected chi connectivity index (χ2v) is 4.80. The minimum absolute atomic E-state index is 0.796. The number of hydrogen-bond donors (Lipinski definition) is 1. The molecule has 0 heterocycles. The van der Waals surface area contributed by atoms with E-state index in [-0.39, 0.29) is 0 Å². The first kappa shape index (κ1) is 13.2. The van der Waals surface area contributed by atoms with Gasteiger partial charge in [-0.25, -0.2) is 0 Å². The summed E-state index contributed by atoms with van der Waals surface area (Å²) in [5, 5.41) is 2.49. The van der Waals surface area contributed by atoms with Gasteiger partial charge in [0.05, 0.1) is 7.11 Å². The van der Waals surface area contributed by atoms with Crippen LogP contribution < -0.4 is 4.74 Å².